The fraction of sp³-hybridized carbons (Fsp3) is 0.278. The molecule has 0 fully saturated rings. The summed E-state index contributed by atoms with van der Waals surface area (Å²) >= 11 is 6.38. The van der Waals surface area contributed by atoms with E-state index in [2.05, 4.69) is 26.1 Å². The summed E-state index contributed by atoms with van der Waals surface area (Å²) in [6.45, 7) is 3.27. The molecule has 1 amide bonds. The van der Waals surface area contributed by atoms with E-state index in [1.165, 1.54) is 11.8 Å². The number of carbonyl (C=O) groups is 1. The summed E-state index contributed by atoms with van der Waals surface area (Å²) < 4.78 is 6.71. The van der Waals surface area contributed by atoms with Gasteiger partial charge >= 0.3 is 0 Å². The maximum Gasteiger partial charge on any atom is 0.277 e. The van der Waals surface area contributed by atoms with Crippen molar-refractivity contribution in [2.24, 2.45) is 0 Å². The Bertz CT molecular complexity index is 851. The fourth-order valence-electron chi connectivity index (χ4n) is 2.35. The molecule has 26 heavy (non-hydrogen) atoms. The minimum absolute atomic E-state index is 0.0600. The summed E-state index contributed by atoms with van der Waals surface area (Å²) in [5.74, 6) is 0.902. The minimum Gasteiger partial charge on any atom is -0.416 e. The van der Waals surface area contributed by atoms with Crippen LogP contribution in [0.3, 0.4) is 0 Å². The van der Waals surface area contributed by atoms with E-state index >= 15 is 0 Å². The zero-order valence-corrected chi connectivity index (χ0v) is 17.4. The molecule has 5 nitrogen and oxygen atoms in total. The predicted octanol–water partition coefficient (Wildman–Crippen LogP) is 4.63. The van der Waals surface area contributed by atoms with Crippen molar-refractivity contribution in [3.8, 4) is 0 Å². The van der Waals surface area contributed by atoms with E-state index in [0.29, 0.717) is 30.6 Å². The van der Waals surface area contributed by atoms with Gasteiger partial charge in [0.05, 0.1) is 22.5 Å². The van der Waals surface area contributed by atoms with Crippen molar-refractivity contribution in [2.75, 3.05) is 12.3 Å². The molecule has 0 N–H and O–H groups in total. The number of halogens is 1. The lowest BCUT2D eigenvalue weighted by molar-refractivity contribution is -0.128. The van der Waals surface area contributed by atoms with E-state index < -0.39 is 0 Å². The Labute approximate surface area is 168 Å². The van der Waals surface area contributed by atoms with Crippen LogP contribution in [0, 0.1) is 0 Å². The van der Waals surface area contributed by atoms with Gasteiger partial charge in [0, 0.05) is 11.4 Å². The molecule has 0 aliphatic rings. The van der Waals surface area contributed by atoms with Crippen LogP contribution in [0.25, 0.3) is 0 Å². The van der Waals surface area contributed by atoms with Gasteiger partial charge in [-0.3, -0.25) is 4.79 Å². The number of carbonyl (C=O) groups excluding carboxylic acids is 1. The summed E-state index contributed by atoms with van der Waals surface area (Å²) in [7, 11) is 0. The number of benzene rings is 1. The van der Waals surface area contributed by atoms with Crippen LogP contribution in [-0.4, -0.2) is 33.3 Å². The van der Waals surface area contributed by atoms with Crippen molar-refractivity contribution in [1.29, 1.82) is 0 Å². The molecule has 0 bridgehead atoms. The Kier molecular flexibility index (Phi) is 6.87. The first-order valence-electron chi connectivity index (χ1n) is 8.15. The predicted molar refractivity (Wildman–Crippen MR) is 107 cm³/mol. The Hall–Kier alpha value is -1.64. The van der Waals surface area contributed by atoms with E-state index in [9.17, 15) is 4.79 Å². The molecule has 0 saturated carbocycles. The molecule has 2 heterocycles. The second-order valence-corrected chi connectivity index (χ2v) is 9.00. The smallest absolute Gasteiger partial charge is 0.277 e. The molecule has 8 heteroatoms. The van der Waals surface area contributed by atoms with Crippen LogP contribution in [0.5, 0.6) is 0 Å². The van der Waals surface area contributed by atoms with Crippen molar-refractivity contribution >= 4 is 44.9 Å². The second kappa shape index (κ2) is 9.34. The van der Waals surface area contributed by atoms with Gasteiger partial charge in [-0.25, -0.2) is 0 Å². The van der Waals surface area contributed by atoms with Crippen LogP contribution in [0.1, 0.15) is 23.3 Å². The molecule has 1 aromatic carbocycles. The van der Waals surface area contributed by atoms with Gasteiger partial charge < -0.3 is 9.32 Å². The monoisotopic (exact) mass is 451 g/mol. The first-order valence-corrected chi connectivity index (χ1v) is 10.7. The van der Waals surface area contributed by atoms with Crippen LogP contribution in [-0.2, 0) is 17.8 Å². The van der Waals surface area contributed by atoms with Gasteiger partial charge in [-0.15, -0.1) is 21.5 Å². The zero-order valence-electron chi connectivity index (χ0n) is 14.2. The standard InChI is InChI=1S/C18H18BrN3O2S2/c1-2-22(11-14-8-9-15(19)26-14)17(23)12-25-18-21-20-16(24-18)10-13-6-4-3-5-7-13/h3-9H,2,10-12H2,1H3. The van der Waals surface area contributed by atoms with Gasteiger partial charge in [0.1, 0.15) is 0 Å². The van der Waals surface area contributed by atoms with E-state index in [0.717, 1.165) is 14.2 Å². The third-order valence-corrected chi connectivity index (χ3v) is 6.09. The molecule has 0 spiro atoms. The highest BCUT2D eigenvalue weighted by Crippen LogP contribution is 2.24. The second-order valence-electron chi connectivity index (χ2n) is 5.53. The van der Waals surface area contributed by atoms with Gasteiger partial charge in [0.25, 0.3) is 5.22 Å². The fourth-order valence-corrected chi connectivity index (χ4v) is 4.54. The molecule has 136 valence electrons. The lowest BCUT2D eigenvalue weighted by atomic mass is 10.2. The number of thioether (sulfide) groups is 1. The number of hydrogen-bond donors (Lipinski definition) is 0. The summed E-state index contributed by atoms with van der Waals surface area (Å²) in [4.78, 5) is 15.4. The largest absolute Gasteiger partial charge is 0.416 e. The Morgan fingerprint density at radius 3 is 2.73 bits per heavy atom. The molecule has 3 aromatic rings. The average Bonchev–Trinajstić information content (AvgIpc) is 3.27. The van der Waals surface area contributed by atoms with Crippen molar-refractivity contribution in [3.05, 3.63) is 62.6 Å². The van der Waals surface area contributed by atoms with Crippen LogP contribution in [0.15, 0.2) is 55.9 Å². The third kappa shape index (κ3) is 5.43. The molecule has 0 aliphatic carbocycles. The molecule has 0 radical (unpaired) electrons. The summed E-state index contributed by atoms with van der Waals surface area (Å²) in [6.07, 6.45) is 0.594. The Morgan fingerprint density at radius 1 is 1.23 bits per heavy atom. The van der Waals surface area contributed by atoms with Gasteiger partial charge in [0.15, 0.2) is 0 Å². The highest BCUT2D eigenvalue weighted by atomic mass is 79.9. The highest BCUT2D eigenvalue weighted by molar-refractivity contribution is 9.11. The summed E-state index contributed by atoms with van der Waals surface area (Å²) in [5.41, 5.74) is 1.11. The maximum atomic E-state index is 12.5. The van der Waals surface area contributed by atoms with Crippen LogP contribution < -0.4 is 0 Å². The van der Waals surface area contributed by atoms with Crippen molar-refractivity contribution in [1.82, 2.24) is 15.1 Å². The normalized spacial score (nSPS) is 10.8. The third-order valence-electron chi connectivity index (χ3n) is 3.68. The molecule has 0 saturated heterocycles. The van der Waals surface area contributed by atoms with Gasteiger partial charge in [-0.05, 0) is 40.5 Å². The quantitative estimate of drug-likeness (QED) is 0.467. The number of nitrogens with zero attached hydrogens (tertiary/aromatic N) is 3. The number of aromatic nitrogens is 2. The molecule has 2 aromatic heterocycles. The Morgan fingerprint density at radius 2 is 2.04 bits per heavy atom. The molecular formula is C18H18BrN3O2S2. The molecular weight excluding hydrogens is 434 g/mol. The van der Waals surface area contributed by atoms with Gasteiger partial charge in [-0.1, -0.05) is 42.1 Å². The molecule has 3 rings (SSSR count). The van der Waals surface area contributed by atoms with E-state index in [1.807, 2.05) is 54.3 Å². The van der Waals surface area contributed by atoms with Crippen LogP contribution in [0.4, 0.5) is 0 Å². The summed E-state index contributed by atoms with van der Waals surface area (Å²) in [6, 6.07) is 14.0. The molecule has 0 aliphatic heterocycles. The first-order chi connectivity index (χ1) is 12.6. The lowest BCUT2D eigenvalue weighted by Gasteiger charge is -2.19. The van der Waals surface area contributed by atoms with Crippen molar-refractivity contribution < 1.29 is 9.21 Å². The van der Waals surface area contributed by atoms with Crippen molar-refractivity contribution in [3.63, 3.8) is 0 Å². The number of hydrogen-bond acceptors (Lipinski definition) is 6. The van der Waals surface area contributed by atoms with E-state index in [1.54, 1.807) is 11.3 Å². The van der Waals surface area contributed by atoms with E-state index in [-0.39, 0.29) is 11.7 Å². The first kappa shape index (κ1) is 19.1. The highest BCUT2D eigenvalue weighted by Gasteiger charge is 2.16. The molecule has 0 unspecified atom stereocenters. The summed E-state index contributed by atoms with van der Waals surface area (Å²) in [5, 5.41) is 8.52. The maximum absolute atomic E-state index is 12.5. The average molecular weight is 452 g/mol. The molecule has 0 atom stereocenters. The SMILES string of the molecule is CCN(Cc1ccc(Br)s1)C(=O)CSc1nnc(Cc2ccccc2)o1. The Balaban J connectivity index is 1.52. The lowest BCUT2D eigenvalue weighted by Crippen LogP contribution is -2.31. The van der Waals surface area contributed by atoms with Crippen LogP contribution >= 0.6 is 39.0 Å². The van der Waals surface area contributed by atoms with E-state index in [4.69, 9.17) is 4.42 Å². The van der Waals surface area contributed by atoms with Gasteiger partial charge in [-0.2, -0.15) is 0 Å². The number of thiophene rings is 1. The van der Waals surface area contributed by atoms with Crippen molar-refractivity contribution in [2.45, 2.75) is 25.1 Å². The number of rotatable bonds is 8. The topological polar surface area (TPSA) is 59.2 Å². The minimum atomic E-state index is 0.0600. The van der Waals surface area contributed by atoms with Crippen LogP contribution in [0.2, 0.25) is 0 Å². The number of amides is 1. The zero-order chi connectivity index (χ0) is 18.4. The van der Waals surface area contributed by atoms with Gasteiger partial charge in [0.2, 0.25) is 11.8 Å².